The van der Waals surface area contributed by atoms with Gasteiger partial charge in [-0.15, -0.1) is 0 Å². The average Bonchev–Trinajstić information content (AvgIpc) is 2.21. The number of methoxy groups -OCH3 is 1. The highest BCUT2D eigenvalue weighted by molar-refractivity contribution is 5.96. The molecular weight excluding hydrogens is 170 g/mol. The van der Waals surface area contributed by atoms with E-state index < -0.39 is 0 Å². The van der Waals surface area contributed by atoms with Gasteiger partial charge < -0.3 is 16.0 Å². The SMILES string of the molecule is COc1ccc(/C(=N/N)NN)nc1. The van der Waals surface area contributed by atoms with E-state index in [1.54, 1.807) is 25.4 Å². The smallest absolute Gasteiger partial charge is 0.185 e. The summed E-state index contributed by atoms with van der Waals surface area (Å²) in [5, 5.41) is 3.41. The summed E-state index contributed by atoms with van der Waals surface area (Å²) in [5.74, 6) is 11.2. The highest BCUT2D eigenvalue weighted by Gasteiger charge is 2.02. The summed E-state index contributed by atoms with van der Waals surface area (Å²) in [6.45, 7) is 0. The Morgan fingerprint density at radius 1 is 1.62 bits per heavy atom. The quantitative estimate of drug-likeness (QED) is 0.239. The zero-order valence-electron chi connectivity index (χ0n) is 7.19. The van der Waals surface area contributed by atoms with Crippen LogP contribution < -0.4 is 21.8 Å². The molecule has 0 aliphatic carbocycles. The summed E-state index contributed by atoms with van der Waals surface area (Å²) in [6, 6.07) is 3.44. The van der Waals surface area contributed by atoms with Crippen molar-refractivity contribution in [1.29, 1.82) is 0 Å². The Morgan fingerprint density at radius 2 is 2.38 bits per heavy atom. The van der Waals surface area contributed by atoms with Crippen molar-refractivity contribution >= 4 is 5.84 Å². The molecule has 0 unspecified atom stereocenters. The van der Waals surface area contributed by atoms with Gasteiger partial charge in [0, 0.05) is 0 Å². The van der Waals surface area contributed by atoms with Crippen LogP contribution in [0.25, 0.3) is 0 Å². The topological polar surface area (TPSA) is 98.5 Å². The molecule has 1 aromatic heterocycles. The summed E-state index contributed by atoms with van der Waals surface area (Å²) in [7, 11) is 1.57. The molecule has 5 N–H and O–H groups in total. The van der Waals surface area contributed by atoms with Crippen molar-refractivity contribution in [3.05, 3.63) is 24.0 Å². The molecule has 70 valence electrons. The molecule has 0 aromatic carbocycles. The molecule has 0 saturated heterocycles. The van der Waals surface area contributed by atoms with E-state index in [0.717, 1.165) is 0 Å². The van der Waals surface area contributed by atoms with Crippen LogP contribution in [0, 0.1) is 0 Å². The first-order valence-corrected chi connectivity index (χ1v) is 3.56. The number of hydrazone groups is 1. The van der Waals surface area contributed by atoms with Crippen LogP contribution in [0.3, 0.4) is 0 Å². The first-order valence-electron chi connectivity index (χ1n) is 3.56. The number of aromatic nitrogens is 1. The van der Waals surface area contributed by atoms with Crippen molar-refractivity contribution < 1.29 is 4.74 Å². The predicted molar refractivity (Wildman–Crippen MR) is 48.8 cm³/mol. The minimum Gasteiger partial charge on any atom is -0.495 e. The van der Waals surface area contributed by atoms with E-state index in [4.69, 9.17) is 16.4 Å². The van der Waals surface area contributed by atoms with E-state index in [-0.39, 0.29) is 0 Å². The molecule has 0 fully saturated rings. The van der Waals surface area contributed by atoms with Crippen LogP contribution >= 0.6 is 0 Å². The molecule has 0 spiro atoms. The number of hydrogen-bond donors (Lipinski definition) is 3. The molecule has 1 heterocycles. The summed E-state index contributed by atoms with van der Waals surface area (Å²) in [6.07, 6.45) is 1.55. The molecule has 0 atom stereocenters. The Kier molecular flexibility index (Phi) is 3.04. The van der Waals surface area contributed by atoms with E-state index in [9.17, 15) is 0 Å². The Bertz CT molecular complexity index is 294. The second-order valence-electron chi connectivity index (χ2n) is 2.21. The van der Waals surface area contributed by atoms with Gasteiger partial charge in [0.25, 0.3) is 0 Å². The number of amidine groups is 1. The first kappa shape index (κ1) is 9.27. The van der Waals surface area contributed by atoms with Gasteiger partial charge in [0.1, 0.15) is 11.4 Å². The Balaban J connectivity index is 2.91. The zero-order valence-corrected chi connectivity index (χ0v) is 7.19. The average molecular weight is 181 g/mol. The van der Waals surface area contributed by atoms with Crippen molar-refractivity contribution in [3.63, 3.8) is 0 Å². The van der Waals surface area contributed by atoms with Crippen LogP contribution in [0.5, 0.6) is 5.75 Å². The van der Waals surface area contributed by atoms with Crippen LogP contribution in [0.1, 0.15) is 5.69 Å². The molecule has 0 aliphatic heterocycles. The molecule has 13 heavy (non-hydrogen) atoms. The van der Waals surface area contributed by atoms with Gasteiger partial charge in [-0.1, -0.05) is 0 Å². The summed E-state index contributed by atoms with van der Waals surface area (Å²) < 4.78 is 4.93. The van der Waals surface area contributed by atoms with Gasteiger partial charge in [0.15, 0.2) is 5.84 Å². The second kappa shape index (κ2) is 4.27. The minimum absolute atomic E-state index is 0.322. The maximum absolute atomic E-state index is 5.15. The molecule has 0 aliphatic rings. The van der Waals surface area contributed by atoms with Crippen molar-refractivity contribution in [1.82, 2.24) is 10.4 Å². The fraction of sp³-hybridized carbons (Fsp3) is 0.143. The van der Waals surface area contributed by atoms with E-state index in [2.05, 4.69) is 15.5 Å². The van der Waals surface area contributed by atoms with E-state index in [0.29, 0.717) is 17.3 Å². The molecule has 6 heteroatoms. The van der Waals surface area contributed by atoms with E-state index in [1.165, 1.54) is 0 Å². The Hall–Kier alpha value is -1.82. The molecule has 1 rings (SSSR count). The lowest BCUT2D eigenvalue weighted by atomic mass is 10.3. The summed E-state index contributed by atoms with van der Waals surface area (Å²) in [5.41, 5.74) is 2.89. The third-order valence-electron chi connectivity index (χ3n) is 1.48. The third-order valence-corrected chi connectivity index (χ3v) is 1.48. The fourth-order valence-electron chi connectivity index (χ4n) is 0.818. The van der Waals surface area contributed by atoms with Gasteiger partial charge in [0.2, 0.25) is 0 Å². The highest BCUT2D eigenvalue weighted by atomic mass is 16.5. The molecule has 0 bridgehead atoms. The van der Waals surface area contributed by atoms with Crippen LogP contribution in [0.15, 0.2) is 23.4 Å². The second-order valence-corrected chi connectivity index (χ2v) is 2.21. The van der Waals surface area contributed by atoms with Crippen molar-refractivity contribution in [2.24, 2.45) is 16.8 Å². The van der Waals surface area contributed by atoms with Gasteiger partial charge in [-0.2, -0.15) is 5.10 Å². The van der Waals surface area contributed by atoms with Crippen LogP contribution in [-0.2, 0) is 0 Å². The number of nitrogens with one attached hydrogen (secondary N) is 1. The minimum atomic E-state index is 0.322. The summed E-state index contributed by atoms with van der Waals surface area (Å²) in [4.78, 5) is 4.01. The van der Waals surface area contributed by atoms with E-state index >= 15 is 0 Å². The number of ether oxygens (including phenoxy) is 1. The number of hydrogen-bond acceptors (Lipinski definition) is 5. The van der Waals surface area contributed by atoms with Crippen molar-refractivity contribution in [2.45, 2.75) is 0 Å². The normalized spacial score (nSPS) is 11.1. The predicted octanol–water partition coefficient (Wildman–Crippen LogP) is -0.826. The number of pyridine rings is 1. The third kappa shape index (κ3) is 2.06. The number of nitrogens with two attached hydrogens (primary N) is 2. The fourth-order valence-corrected chi connectivity index (χ4v) is 0.818. The lowest BCUT2D eigenvalue weighted by Crippen LogP contribution is -2.32. The van der Waals surface area contributed by atoms with Crippen molar-refractivity contribution in [3.8, 4) is 5.75 Å². The van der Waals surface area contributed by atoms with Crippen LogP contribution in [-0.4, -0.2) is 17.9 Å². The number of rotatable bonds is 2. The first-order chi connectivity index (χ1) is 6.31. The number of hydrazine groups is 1. The van der Waals surface area contributed by atoms with Gasteiger partial charge in [-0.05, 0) is 12.1 Å². The van der Waals surface area contributed by atoms with Crippen molar-refractivity contribution in [2.75, 3.05) is 7.11 Å². The van der Waals surface area contributed by atoms with Gasteiger partial charge in [-0.3, -0.25) is 0 Å². The van der Waals surface area contributed by atoms with Crippen LogP contribution in [0.4, 0.5) is 0 Å². The van der Waals surface area contributed by atoms with Gasteiger partial charge in [-0.25, -0.2) is 10.8 Å². The zero-order chi connectivity index (χ0) is 9.68. The highest BCUT2D eigenvalue weighted by Crippen LogP contribution is 2.07. The molecule has 6 nitrogen and oxygen atoms in total. The standard InChI is InChI=1S/C7H11N5O/c1-13-5-2-3-6(10-4-5)7(11-8)12-9/h2-4H,8-9H2,1H3,(H,11,12). The molecule has 0 radical (unpaired) electrons. The Morgan fingerprint density at radius 3 is 2.77 bits per heavy atom. The van der Waals surface area contributed by atoms with Gasteiger partial charge >= 0.3 is 0 Å². The molecular formula is C7H11N5O. The molecule has 0 amide bonds. The van der Waals surface area contributed by atoms with E-state index in [1.807, 2.05) is 0 Å². The lowest BCUT2D eigenvalue weighted by molar-refractivity contribution is 0.413. The molecule has 0 saturated carbocycles. The lowest BCUT2D eigenvalue weighted by Gasteiger charge is -2.03. The maximum Gasteiger partial charge on any atom is 0.185 e. The molecule has 1 aromatic rings. The maximum atomic E-state index is 5.15. The monoisotopic (exact) mass is 181 g/mol. The van der Waals surface area contributed by atoms with Crippen LogP contribution in [0.2, 0.25) is 0 Å². The largest absolute Gasteiger partial charge is 0.495 e. The number of nitrogens with zero attached hydrogens (tertiary/aromatic N) is 2. The van der Waals surface area contributed by atoms with Gasteiger partial charge in [0.05, 0.1) is 13.3 Å². The summed E-state index contributed by atoms with van der Waals surface area (Å²) >= 11 is 0. The Labute approximate surface area is 75.6 Å².